The molecule has 226 valence electrons. The minimum atomic E-state index is 0.891. The van der Waals surface area contributed by atoms with E-state index >= 15 is 0 Å². The molecule has 0 N–H and O–H groups in total. The van der Waals surface area contributed by atoms with Crippen LogP contribution in [0.25, 0.3) is 99.8 Å². The van der Waals surface area contributed by atoms with E-state index < -0.39 is 0 Å². The maximum Gasteiger partial charge on any atom is 0.136 e. The summed E-state index contributed by atoms with van der Waals surface area (Å²) < 4.78 is 6.28. The summed E-state index contributed by atoms with van der Waals surface area (Å²) in [4.78, 5) is 0. The van der Waals surface area contributed by atoms with Crippen LogP contribution in [0.15, 0.2) is 163 Å². The molecule has 1 nitrogen and oxygen atoms in total. The van der Waals surface area contributed by atoms with Crippen LogP contribution in [0.1, 0.15) is 18.1 Å². The quantitative estimate of drug-likeness (QED) is 0.176. The first kappa shape index (κ1) is 28.1. The van der Waals surface area contributed by atoms with Gasteiger partial charge < -0.3 is 4.42 Å². The Bertz CT molecular complexity index is 2680. The minimum Gasteiger partial charge on any atom is -0.456 e. The molecule has 1 heteroatoms. The van der Waals surface area contributed by atoms with Crippen LogP contribution in [-0.2, 0) is 0 Å². The Labute approximate surface area is 279 Å². The molecule has 0 fully saturated rings. The van der Waals surface area contributed by atoms with Crippen molar-refractivity contribution in [1.29, 1.82) is 0 Å². The normalized spacial score (nSPS) is 11.9. The van der Waals surface area contributed by atoms with Gasteiger partial charge in [0.15, 0.2) is 0 Å². The maximum absolute atomic E-state index is 6.28. The van der Waals surface area contributed by atoms with Crippen LogP contribution < -0.4 is 0 Å². The zero-order valence-electron chi connectivity index (χ0n) is 26.7. The van der Waals surface area contributed by atoms with Crippen LogP contribution in [0.3, 0.4) is 0 Å². The van der Waals surface area contributed by atoms with Crippen LogP contribution in [0.5, 0.6) is 0 Å². The van der Waals surface area contributed by atoms with Gasteiger partial charge in [-0.1, -0.05) is 140 Å². The zero-order valence-corrected chi connectivity index (χ0v) is 26.7. The molecule has 0 bridgehead atoms. The summed E-state index contributed by atoms with van der Waals surface area (Å²) in [5.74, 6) is 0. The summed E-state index contributed by atoms with van der Waals surface area (Å²) in [7, 11) is 0. The highest BCUT2D eigenvalue weighted by atomic mass is 16.3. The first-order valence-corrected chi connectivity index (χ1v) is 16.5. The smallest absolute Gasteiger partial charge is 0.136 e. The van der Waals surface area contributed by atoms with E-state index in [0.29, 0.717) is 0 Å². The lowest BCUT2D eigenvalue weighted by atomic mass is 9.85. The summed E-state index contributed by atoms with van der Waals surface area (Å²) in [6.07, 6.45) is 6.06. The van der Waals surface area contributed by atoms with Gasteiger partial charge in [-0.2, -0.15) is 0 Å². The first-order chi connectivity index (χ1) is 23.7. The molecule has 0 spiro atoms. The highest BCUT2D eigenvalue weighted by Gasteiger charge is 2.17. The van der Waals surface area contributed by atoms with Gasteiger partial charge in [0.1, 0.15) is 11.2 Å². The van der Waals surface area contributed by atoms with Gasteiger partial charge in [-0.05, 0) is 114 Å². The second-order valence-corrected chi connectivity index (χ2v) is 12.5. The average Bonchev–Trinajstić information content (AvgIpc) is 3.50. The van der Waals surface area contributed by atoms with Crippen molar-refractivity contribution >= 4 is 66.4 Å². The van der Waals surface area contributed by atoms with Crippen molar-refractivity contribution in [2.24, 2.45) is 0 Å². The van der Waals surface area contributed by atoms with E-state index in [4.69, 9.17) is 4.42 Å². The third-order valence-corrected chi connectivity index (χ3v) is 9.72. The lowest BCUT2D eigenvalue weighted by molar-refractivity contribution is 0.669. The van der Waals surface area contributed by atoms with E-state index in [-0.39, 0.29) is 0 Å². The van der Waals surface area contributed by atoms with Crippen molar-refractivity contribution in [2.45, 2.75) is 6.92 Å². The number of furan rings is 1. The van der Waals surface area contributed by atoms with E-state index in [2.05, 4.69) is 158 Å². The topological polar surface area (TPSA) is 13.1 Å². The predicted molar refractivity (Wildman–Crippen MR) is 207 cm³/mol. The van der Waals surface area contributed by atoms with Crippen molar-refractivity contribution < 1.29 is 4.42 Å². The van der Waals surface area contributed by atoms with Gasteiger partial charge in [0.25, 0.3) is 0 Å². The number of hydrogen-bond acceptors (Lipinski definition) is 1. The molecule has 8 aromatic carbocycles. The fourth-order valence-electron chi connectivity index (χ4n) is 7.46. The second-order valence-electron chi connectivity index (χ2n) is 12.5. The van der Waals surface area contributed by atoms with E-state index in [1.807, 2.05) is 19.1 Å². The fraction of sp³-hybridized carbons (Fsp3) is 0.0213. The van der Waals surface area contributed by atoms with E-state index in [1.165, 1.54) is 60.1 Å². The van der Waals surface area contributed by atoms with Gasteiger partial charge in [-0.15, -0.1) is 0 Å². The summed E-state index contributed by atoms with van der Waals surface area (Å²) in [5, 5.41) is 9.77. The number of allylic oxidation sites excluding steroid dienone is 1. The Morgan fingerprint density at radius 1 is 0.438 bits per heavy atom. The predicted octanol–water partition coefficient (Wildman–Crippen LogP) is 13.7. The Kier molecular flexibility index (Phi) is 6.59. The monoisotopic (exact) mass is 612 g/mol. The van der Waals surface area contributed by atoms with Gasteiger partial charge in [0.05, 0.1) is 0 Å². The largest absolute Gasteiger partial charge is 0.456 e. The molecule has 48 heavy (non-hydrogen) atoms. The van der Waals surface area contributed by atoms with Crippen molar-refractivity contribution in [2.75, 3.05) is 0 Å². The Balaban J connectivity index is 1.18. The van der Waals surface area contributed by atoms with Crippen LogP contribution in [-0.4, -0.2) is 0 Å². The lowest BCUT2D eigenvalue weighted by Gasteiger charge is -2.18. The van der Waals surface area contributed by atoms with Crippen molar-refractivity contribution in [3.05, 3.63) is 169 Å². The molecule has 0 radical (unpaired) electrons. The Hall–Kier alpha value is -6.18. The highest BCUT2D eigenvalue weighted by Crippen LogP contribution is 2.44. The third-order valence-electron chi connectivity index (χ3n) is 9.72. The van der Waals surface area contributed by atoms with E-state index in [0.717, 1.165) is 38.6 Å². The summed E-state index contributed by atoms with van der Waals surface area (Å²) in [6.45, 7) is 6.07. The summed E-state index contributed by atoms with van der Waals surface area (Å²) in [6, 6.07) is 53.0. The van der Waals surface area contributed by atoms with Gasteiger partial charge in [-0.25, -0.2) is 0 Å². The molecule has 0 saturated heterocycles. The van der Waals surface area contributed by atoms with Crippen LogP contribution in [0, 0.1) is 0 Å². The van der Waals surface area contributed by atoms with Crippen molar-refractivity contribution in [3.8, 4) is 33.4 Å². The molecule has 0 aliphatic rings. The SMILES string of the molecule is C=Cc1cc2c(cc1/C=C\C)oc1ccc(-c3ccc(-c4c5ccccc5c(-c5ccc6ccccc6c5)c5ccccc45)cc3)cc12. The maximum atomic E-state index is 6.28. The molecular formula is C47H32O. The summed E-state index contributed by atoms with van der Waals surface area (Å²) in [5.41, 5.74) is 11.3. The molecule has 0 atom stereocenters. The summed E-state index contributed by atoms with van der Waals surface area (Å²) >= 11 is 0. The molecule has 0 aliphatic carbocycles. The number of hydrogen-bond donors (Lipinski definition) is 0. The molecule has 0 saturated carbocycles. The standard InChI is InChI=1S/C47H32O/c1-3-11-34-29-45-43(27-30(34)4-2)42-28-36(24-25-44(42)48-45)32-18-21-33(22-19-32)46-38-14-7-9-16-40(38)47(41-17-10-8-15-39(41)46)37-23-20-31-12-5-6-13-35(31)26-37/h3-29H,2H2,1H3/b11-3-. The minimum absolute atomic E-state index is 0.891. The Morgan fingerprint density at radius 3 is 1.67 bits per heavy atom. The molecule has 1 aromatic heterocycles. The van der Waals surface area contributed by atoms with Crippen LogP contribution in [0.4, 0.5) is 0 Å². The highest BCUT2D eigenvalue weighted by molar-refractivity contribution is 6.21. The molecule has 1 heterocycles. The van der Waals surface area contributed by atoms with Gasteiger partial charge in [0, 0.05) is 10.8 Å². The van der Waals surface area contributed by atoms with Crippen molar-refractivity contribution in [1.82, 2.24) is 0 Å². The average molecular weight is 613 g/mol. The molecular weight excluding hydrogens is 581 g/mol. The number of benzene rings is 8. The third kappa shape index (κ3) is 4.47. The van der Waals surface area contributed by atoms with Gasteiger partial charge in [0.2, 0.25) is 0 Å². The van der Waals surface area contributed by atoms with Crippen molar-refractivity contribution in [3.63, 3.8) is 0 Å². The Morgan fingerprint density at radius 2 is 1.00 bits per heavy atom. The van der Waals surface area contributed by atoms with Gasteiger partial charge in [-0.3, -0.25) is 0 Å². The van der Waals surface area contributed by atoms with Crippen LogP contribution >= 0.6 is 0 Å². The molecule has 0 aliphatic heterocycles. The lowest BCUT2D eigenvalue weighted by Crippen LogP contribution is -1.91. The van der Waals surface area contributed by atoms with Crippen LogP contribution in [0.2, 0.25) is 0 Å². The molecule has 0 unspecified atom stereocenters. The van der Waals surface area contributed by atoms with E-state index in [9.17, 15) is 0 Å². The molecule has 0 amide bonds. The second kappa shape index (κ2) is 11.3. The first-order valence-electron chi connectivity index (χ1n) is 16.5. The van der Waals surface area contributed by atoms with E-state index in [1.54, 1.807) is 0 Å². The fourth-order valence-corrected chi connectivity index (χ4v) is 7.46. The molecule has 9 aromatic rings. The van der Waals surface area contributed by atoms with Gasteiger partial charge >= 0.3 is 0 Å². The zero-order chi connectivity index (χ0) is 32.2. The molecule has 9 rings (SSSR count). The number of rotatable bonds is 5. The number of fused-ring (bicyclic) bond motifs is 6.